The third-order valence-corrected chi connectivity index (χ3v) is 4.86. The predicted octanol–water partition coefficient (Wildman–Crippen LogP) is 2.78. The maximum atomic E-state index is 12.9. The molecule has 0 aliphatic carbocycles. The number of aromatic nitrogens is 2. The van der Waals surface area contributed by atoms with E-state index in [0.29, 0.717) is 11.3 Å². The summed E-state index contributed by atoms with van der Waals surface area (Å²) in [5, 5.41) is 7.33. The molecule has 0 aromatic carbocycles. The van der Waals surface area contributed by atoms with E-state index in [1.807, 2.05) is 25.2 Å². The van der Waals surface area contributed by atoms with Gasteiger partial charge in [0, 0.05) is 31.9 Å². The molecule has 6 heteroatoms. The number of hydrogen-bond donors (Lipinski definition) is 1. The fourth-order valence-corrected chi connectivity index (χ4v) is 3.39. The van der Waals surface area contributed by atoms with Gasteiger partial charge < -0.3 is 10.2 Å². The minimum atomic E-state index is -0.292. The normalized spacial score (nSPS) is 20.6. The number of hydrogen-bond acceptors (Lipinski definition) is 3. The second-order valence-electron chi connectivity index (χ2n) is 7.49. The van der Waals surface area contributed by atoms with Gasteiger partial charge in [0.05, 0.1) is 6.20 Å². The Hall–Kier alpha value is -1.07. The van der Waals surface area contributed by atoms with Crippen LogP contribution in [0, 0.1) is 11.3 Å². The molecule has 0 bridgehead atoms. The summed E-state index contributed by atoms with van der Waals surface area (Å²) < 4.78 is 1.74. The number of aryl methyl sites for hydroxylation is 1. The van der Waals surface area contributed by atoms with Crippen molar-refractivity contribution < 1.29 is 4.79 Å². The first-order valence-electron chi connectivity index (χ1n) is 8.27. The number of carbonyl (C=O) groups excluding carboxylic acids is 1. The zero-order chi connectivity index (χ0) is 16.3. The molecule has 1 aromatic rings. The summed E-state index contributed by atoms with van der Waals surface area (Å²) in [7, 11) is 3.71. The number of halogens is 1. The molecular weight excluding hydrogens is 312 g/mol. The zero-order valence-electron chi connectivity index (χ0n) is 15.0. The highest BCUT2D eigenvalue weighted by atomic mass is 35.5. The van der Waals surface area contributed by atoms with Gasteiger partial charge in [-0.3, -0.25) is 9.48 Å². The van der Waals surface area contributed by atoms with Crippen LogP contribution in [0.2, 0.25) is 0 Å². The van der Waals surface area contributed by atoms with Crippen LogP contribution >= 0.6 is 12.4 Å². The minimum absolute atomic E-state index is 0. The van der Waals surface area contributed by atoms with E-state index in [1.54, 1.807) is 10.9 Å². The van der Waals surface area contributed by atoms with E-state index in [9.17, 15) is 4.79 Å². The average molecular weight is 343 g/mol. The molecule has 1 aromatic heterocycles. The number of rotatable bonds is 3. The summed E-state index contributed by atoms with van der Waals surface area (Å²) in [5.41, 5.74) is 1.26. The Morgan fingerprint density at radius 2 is 2.04 bits per heavy atom. The number of amides is 1. The summed E-state index contributed by atoms with van der Waals surface area (Å²) in [5.74, 6) is 0.863. The molecule has 1 N–H and O–H groups in total. The van der Waals surface area contributed by atoms with Crippen molar-refractivity contribution in [2.45, 2.75) is 46.1 Å². The monoisotopic (exact) mass is 342 g/mol. The molecule has 2 rings (SSSR count). The molecule has 0 radical (unpaired) electrons. The highest BCUT2D eigenvalue weighted by Crippen LogP contribution is 2.34. The van der Waals surface area contributed by atoms with Gasteiger partial charge in [0.25, 0.3) is 0 Å². The lowest BCUT2D eigenvalue weighted by Gasteiger charge is -2.30. The minimum Gasteiger partial charge on any atom is -0.341 e. The topological polar surface area (TPSA) is 50.2 Å². The highest BCUT2D eigenvalue weighted by molar-refractivity contribution is 5.85. The van der Waals surface area contributed by atoms with Gasteiger partial charge >= 0.3 is 0 Å². The van der Waals surface area contributed by atoms with Gasteiger partial charge in [-0.1, -0.05) is 20.8 Å². The van der Waals surface area contributed by atoms with Crippen molar-refractivity contribution in [3.05, 3.63) is 18.0 Å². The molecular formula is C17H31ClN4O. The second kappa shape index (κ2) is 8.15. The number of nitrogens with one attached hydrogen (secondary N) is 1. The van der Waals surface area contributed by atoms with Crippen LogP contribution in [0.3, 0.4) is 0 Å². The Kier molecular flexibility index (Phi) is 7.08. The van der Waals surface area contributed by atoms with Crippen molar-refractivity contribution in [1.82, 2.24) is 20.0 Å². The lowest BCUT2D eigenvalue weighted by Crippen LogP contribution is -2.40. The van der Waals surface area contributed by atoms with E-state index in [0.717, 1.165) is 31.5 Å². The Morgan fingerprint density at radius 1 is 1.35 bits per heavy atom. The van der Waals surface area contributed by atoms with Gasteiger partial charge in [-0.25, -0.2) is 0 Å². The summed E-state index contributed by atoms with van der Waals surface area (Å²) in [6.45, 7) is 8.65. The first-order chi connectivity index (χ1) is 10.3. The standard InChI is InChI=1S/C17H30N4O.ClH/c1-17(2,3)14-7-6-9-21(10-8-14)16(22)15(18-4)13-11-19-20(5)12-13;/h11-12,14-15,18H,6-10H2,1-5H3;1H. The van der Waals surface area contributed by atoms with Crippen molar-refractivity contribution in [3.63, 3.8) is 0 Å². The molecule has 1 fully saturated rings. The Balaban J connectivity index is 0.00000264. The lowest BCUT2D eigenvalue weighted by molar-refractivity contribution is -0.133. The SMILES string of the molecule is CNC(C(=O)N1CCCC(C(C)(C)C)CC1)c1cnn(C)c1.Cl. The van der Waals surface area contributed by atoms with Gasteiger partial charge in [0.15, 0.2) is 0 Å². The first kappa shape index (κ1) is 20.0. The third kappa shape index (κ3) is 4.95. The Morgan fingerprint density at radius 3 is 2.57 bits per heavy atom. The molecule has 1 aliphatic heterocycles. The number of likely N-dealkylation sites (tertiary alicyclic amines) is 1. The van der Waals surface area contributed by atoms with E-state index < -0.39 is 0 Å². The molecule has 0 spiro atoms. The molecule has 1 saturated heterocycles. The molecule has 0 saturated carbocycles. The molecule has 1 amide bonds. The van der Waals surface area contributed by atoms with E-state index in [2.05, 4.69) is 31.2 Å². The van der Waals surface area contributed by atoms with Gasteiger partial charge in [-0.15, -0.1) is 12.4 Å². The summed E-state index contributed by atoms with van der Waals surface area (Å²) >= 11 is 0. The van der Waals surface area contributed by atoms with Crippen LogP contribution in [0.5, 0.6) is 0 Å². The van der Waals surface area contributed by atoms with E-state index >= 15 is 0 Å². The molecule has 132 valence electrons. The van der Waals surface area contributed by atoms with Crippen LogP contribution in [-0.4, -0.2) is 40.7 Å². The number of likely N-dealkylation sites (N-methyl/N-ethyl adjacent to an activating group) is 1. The van der Waals surface area contributed by atoms with Gasteiger partial charge in [0.2, 0.25) is 5.91 Å². The highest BCUT2D eigenvalue weighted by Gasteiger charge is 2.31. The third-order valence-electron chi connectivity index (χ3n) is 4.86. The predicted molar refractivity (Wildman–Crippen MR) is 95.6 cm³/mol. The van der Waals surface area contributed by atoms with E-state index in [4.69, 9.17) is 0 Å². The number of nitrogens with zero attached hydrogens (tertiary/aromatic N) is 3. The first-order valence-corrected chi connectivity index (χ1v) is 8.27. The van der Waals surface area contributed by atoms with Crippen LogP contribution in [0.15, 0.2) is 12.4 Å². The van der Waals surface area contributed by atoms with Crippen LogP contribution in [0.1, 0.15) is 51.6 Å². The number of carbonyl (C=O) groups is 1. The lowest BCUT2D eigenvalue weighted by atomic mass is 9.77. The summed E-state index contributed by atoms with van der Waals surface area (Å²) in [6, 6.07) is -0.292. The van der Waals surface area contributed by atoms with Crippen LogP contribution in [0.25, 0.3) is 0 Å². The van der Waals surface area contributed by atoms with Crippen LogP contribution in [-0.2, 0) is 11.8 Å². The van der Waals surface area contributed by atoms with Crippen molar-refractivity contribution in [2.75, 3.05) is 20.1 Å². The summed E-state index contributed by atoms with van der Waals surface area (Å²) in [6.07, 6.45) is 7.09. The van der Waals surface area contributed by atoms with Gasteiger partial charge in [-0.2, -0.15) is 5.10 Å². The maximum Gasteiger partial charge on any atom is 0.244 e. The summed E-state index contributed by atoms with van der Waals surface area (Å²) in [4.78, 5) is 14.9. The van der Waals surface area contributed by atoms with Crippen molar-refractivity contribution >= 4 is 18.3 Å². The van der Waals surface area contributed by atoms with E-state index in [1.165, 1.54) is 6.42 Å². The van der Waals surface area contributed by atoms with Crippen LogP contribution in [0.4, 0.5) is 0 Å². The largest absolute Gasteiger partial charge is 0.341 e. The van der Waals surface area contributed by atoms with Crippen molar-refractivity contribution in [2.24, 2.45) is 18.4 Å². The quantitative estimate of drug-likeness (QED) is 0.918. The second-order valence-corrected chi connectivity index (χ2v) is 7.49. The Labute approximate surface area is 146 Å². The van der Waals surface area contributed by atoms with E-state index in [-0.39, 0.29) is 24.4 Å². The van der Waals surface area contributed by atoms with Gasteiger partial charge in [0.1, 0.15) is 6.04 Å². The molecule has 23 heavy (non-hydrogen) atoms. The fourth-order valence-electron chi connectivity index (χ4n) is 3.39. The zero-order valence-corrected chi connectivity index (χ0v) is 15.8. The maximum absolute atomic E-state index is 12.9. The van der Waals surface area contributed by atoms with Crippen LogP contribution < -0.4 is 5.32 Å². The molecule has 2 heterocycles. The fraction of sp³-hybridized carbons (Fsp3) is 0.765. The van der Waals surface area contributed by atoms with Gasteiger partial charge in [-0.05, 0) is 37.6 Å². The molecule has 1 aliphatic rings. The Bertz CT molecular complexity index is 509. The molecule has 2 atom stereocenters. The average Bonchev–Trinajstić information content (AvgIpc) is 2.73. The molecule has 5 nitrogen and oxygen atoms in total. The van der Waals surface area contributed by atoms with Crippen molar-refractivity contribution in [1.29, 1.82) is 0 Å². The molecule has 2 unspecified atom stereocenters. The van der Waals surface area contributed by atoms with Crippen molar-refractivity contribution in [3.8, 4) is 0 Å². The smallest absolute Gasteiger partial charge is 0.244 e.